The summed E-state index contributed by atoms with van der Waals surface area (Å²) >= 11 is 6.15. The summed E-state index contributed by atoms with van der Waals surface area (Å²) in [6.45, 7) is 4.05. The number of fused-ring (bicyclic) bond motifs is 1. The molecule has 24 heavy (non-hydrogen) atoms. The van der Waals surface area contributed by atoms with E-state index < -0.39 is 0 Å². The van der Waals surface area contributed by atoms with Gasteiger partial charge in [0.05, 0.1) is 0 Å². The third kappa shape index (κ3) is 2.83. The maximum absolute atomic E-state index is 6.15. The summed E-state index contributed by atoms with van der Waals surface area (Å²) in [4.78, 5) is 4.67. The molecule has 5 heteroatoms. The van der Waals surface area contributed by atoms with Gasteiger partial charge in [-0.15, -0.1) is 10.2 Å². The van der Waals surface area contributed by atoms with Crippen LogP contribution in [0, 0.1) is 0 Å². The molecule has 1 aliphatic heterocycles. The van der Waals surface area contributed by atoms with Crippen LogP contribution in [0.2, 0.25) is 5.02 Å². The first-order chi connectivity index (χ1) is 11.7. The quantitative estimate of drug-likeness (QED) is 0.713. The number of anilines is 1. The zero-order valence-electron chi connectivity index (χ0n) is 13.6. The van der Waals surface area contributed by atoms with Crippen LogP contribution in [0.5, 0.6) is 0 Å². The van der Waals surface area contributed by atoms with Crippen molar-refractivity contribution >= 4 is 28.2 Å². The number of nitrogens with zero attached hydrogens (tertiary/aromatic N) is 4. The normalized spacial score (nSPS) is 15.8. The first-order valence-corrected chi connectivity index (χ1v) is 8.55. The molecule has 1 aliphatic rings. The Morgan fingerprint density at radius 3 is 2.38 bits per heavy atom. The van der Waals surface area contributed by atoms with Gasteiger partial charge < -0.3 is 9.80 Å². The lowest BCUT2D eigenvalue weighted by Gasteiger charge is -2.33. The third-order valence-electron chi connectivity index (χ3n) is 4.57. The average molecular weight is 339 g/mol. The number of aromatic nitrogens is 2. The van der Waals surface area contributed by atoms with Gasteiger partial charge in [0.2, 0.25) is 0 Å². The van der Waals surface area contributed by atoms with Crippen molar-refractivity contribution in [3.05, 3.63) is 53.6 Å². The topological polar surface area (TPSA) is 32.3 Å². The smallest absolute Gasteiger partial charge is 0.159 e. The highest BCUT2D eigenvalue weighted by atomic mass is 35.5. The molecule has 1 aromatic heterocycles. The summed E-state index contributed by atoms with van der Waals surface area (Å²) in [6, 6.07) is 16.1. The molecule has 0 saturated carbocycles. The number of piperazine rings is 1. The second kappa shape index (κ2) is 6.38. The molecule has 4 nitrogen and oxygen atoms in total. The zero-order valence-corrected chi connectivity index (χ0v) is 14.4. The SMILES string of the molecule is CN1CCN(c2nnc(-c3cccc(Cl)c3)c3ccccc23)CC1. The van der Waals surface area contributed by atoms with Crippen molar-refractivity contribution in [1.29, 1.82) is 0 Å². The molecule has 2 heterocycles. The van der Waals surface area contributed by atoms with Crippen LogP contribution in [0.4, 0.5) is 5.82 Å². The largest absolute Gasteiger partial charge is 0.352 e. The van der Waals surface area contributed by atoms with Gasteiger partial charge in [0.1, 0.15) is 5.69 Å². The Labute approximate surface area is 146 Å². The Bertz CT molecular complexity index is 872. The van der Waals surface area contributed by atoms with Crippen molar-refractivity contribution in [1.82, 2.24) is 15.1 Å². The summed E-state index contributed by atoms with van der Waals surface area (Å²) in [5, 5.41) is 12.1. The maximum atomic E-state index is 6.15. The van der Waals surface area contributed by atoms with Crippen LogP contribution in [0.3, 0.4) is 0 Å². The van der Waals surface area contributed by atoms with Gasteiger partial charge in [0.15, 0.2) is 5.82 Å². The summed E-state index contributed by atoms with van der Waals surface area (Å²) in [5.74, 6) is 0.976. The summed E-state index contributed by atoms with van der Waals surface area (Å²) < 4.78 is 0. The standard InChI is InChI=1S/C19H19ClN4/c1-23-9-11-24(12-10-23)19-17-8-3-2-7-16(17)18(21-22-19)14-5-4-6-15(20)13-14/h2-8,13H,9-12H2,1H3. The van der Waals surface area contributed by atoms with Crippen molar-refractivity contribution < 1.29 is 0 Å². The molecule has 0 atom stereocenters. The number of benzene rings is 2. The molecule has 1 saturated heterocycles. The van der Waals surface area contributed by atoms with Gasteiger partial charge in [-0.2, -0.15) is 0 Å². The van der Waals surface area contributed by atoms with Gasteiger partial charge >= 0.3 is 0 Å². The van der Waals surface area contributed by atoms with Crippen molar-refractivity contribution in [2.45, 2.75) is 0 Å². The van der Waals surface area contributed by atoms with E-state index in [1.807, 2.05) is 30.3 Å². The molecule has 0 bridgehead atoms. The van der Waals surface area contributed by atoms with E-state index in [-0.39, 0.29) is 0 Å². The molecule has 0 spiro atoms. The van der Waals surface area contributed by atoms with Crippen LogP contribution in [0.15, 0.2) is 48.5 Å². The van der Waals surface area contributed by atoms with Gasteiger partial charge in [-0.3, -0.25) is 0 Å². The fraction of sp³-hybridized carbons (Fsp3) is 0.263. The first kappa shape index (κ1) is 15.4. The molecule has 3 aromatic rings. The Morgan fingerprint density at radius 2 is 1.62 bits per heavy atom. The van der Waals surface area contributed by atoms with E-state index in [0.717, 1.165) is 54.0 Å². The zero-order chi connectivity index (χ0) is 16.5. The molecule has 4 rings (SSSR count). The van der Waals surface area contributed by atoms with E-state index in [0.29, 0.717) is 5.02 Å². The van der Waals surface area contributed by atoms with E-state index in [2.05, 4.69) is 45.2 Å². The van der Waals surface area contributed by atoms with Crippen LogP contribution in [0.1, 0.15) is 0 Å². The van der Waals surface area contributed by atoms with Gasteiger partial charge in [0.25, 0.3) is 0 Å². The molecular formula is C19H19ClN4. The fourth-order valence-corrected chi connectivity index (χ4v) is 3.38. The van der Waals surface area contributed by atoms with Crippen LogP contribution < -0.4 is 4.90 Å². The van der Waals surface area contributed by atoms with Crippen LogP contribution in [0.25, 0.3) is 22.0 Å². The average Bonchev–Trinajstić information content (AvgIpc) is 2.62. The minimum Gasteiger partial charge on any atom is -0.352 e. The van der Waals surface area contributed by atoms with Crippen molar-refractivity contribution in [2.24, 2.45) is 0 Å². The molecule has 1 fully saturated rings. The molecule has 0 unspecified atom stereocenters. The highest BCUT2D eigenvalue weighted by Gasteiger charge is 2.19. The maximum Gasteiger partial charge on any atom is 0.159 e. The number of halogens is 1. The lowest BCUT2D eigenvalue weighted by atomic mass is 10.0. The number of rotatable bonds is 2. The van der Waals surface area contributed by atoms with Crippen molar-refractivity contribution in [3.8, 4) is 11.3 Å². The first-order valence-electron chi connectivity index (χ1n) is 8.17. The highest BCUT2D eigenvalue weighted by Crippen LogP contribution is 2.32. The van der Waals surface area contributed by atoms with E-state index in [9.17, 15) is 0 Å². The van der Waals surface area contributed by atoms with Crippen molar-refractivity contribution in [2.75, 3.05) is 38.1 Å². The lowest BCUT2D eigenvalue weighted by Crippen LogP contribution is -2.45. The molecule has 0 aliphatic carbocycles. The van der Waals surface area contributed by atoms with E-state index in [1.165, 1.54) is 0 Å². The van der Waals surface area contributed by atoms with Crippen molar-refractivity contribution in [3.63, 3.8) is 0 Å². The molecule has 0 N–H and O–H groups in total. The molecule has 122 valence electrons. The predicted octanol–water partition coefficient (Wildman–Crippen LogP) is 3.70. The molecule has 0 amide bonds. The number of likely N-dealkylation sites (N-methyl/N-ethyl adjacent to an activating group) is 1. The molecular weight excluding hydrogens is 320 g/mol. The highest BCUT2D eigenvalue weighted by molar-refractivity contribution is 6.30. The number of hydrogen-bond donors (Lipinski definition) is 0. The summed E-state index contributed by atoms with van der Waals surface area (Å²) in [5.41, 5.74) is 1.88. The van der Waals surface area contributed by atoms with Gasteiger partial charge in [0, 0.05) is 47.5 Å². The van der Waals surface area contributed by atoms with Crippen LogP contribution in [-0.2, 0) is 0 Å². The van der Waals surface area contributed by atoms with Gasteiger partial charge in [-0.25, -0.2) is 0 Å². The van der Waals surface area contributed by atoms with E-state index >= 15 is 0 Å². The minimum atomic E-state index is 0.710. The second-order valence-electron chi connectivity index (χ2n) is 6.22. The third-order valence-corrected chi connectivity index (χ3v) is 4.80. The van der Waals surface area contributed by atoms with E-state index in [1.54, 1.807) is 0 Å². The van der Waals surface area contributed by atoms with E-state index in [4.69, 9.17) is 11.6 Å². The monoisotopic (exact) mass is 338 g/mol. The lowest BCUT2D eigenvalue weighted by molar-refractivity contribution is 0.312. The van der Waals surface area contributed by atoms with Crippen LogP contribution in [-0.4, -0.2) is 48.3 Å². The predicted molar refractivity (Wildman–Crippen MR) is 99.7 cm³/mol. The summed E-state index contributed by atoms with van der Waals surface area (Å²) in [7, 11) is 2.16. The number of hydrogen-bond acceptors (Lipinski definition) is 4. The fourth-order valence-electron chi connectivity index (χ4n) is 3.19. The molecule has 0 radical (unpaired) electrons. The minimum absolute atomic E-state index is 0.710. The van der Waals surface area contributed by atoms with Gasteiger partial charge in [-0.1, -0.05) is 48.0 Å². The Hall–Kier alpha value is -2.17. The Balaban J connectivity index is 1.83. The molecule has 2 aromatic carbocycles. The summed E-state index contributed by atoms with van der Waals surface area (Å²) in [6.07, 6.45) is 0. The Morgan fingerprint density at radius 1 is 0.875 bits per heavy atom. The Kier molecular flexibility index (Phi) is 4.08. The van der Waals surface area contributed by atoms with Gasteiger partial charge in [-0.05, 0) is 19.2 Å². The second-order valence-corrected chi connectivity index (χ2v) is 6.65. The van der Waals surface area contributed by atoms with Crippen LogP contribution >= 0.6 is 11.6 Å².